The predicted octanol–water partition coefficient (Wildman–Crippen LogP) is 1.95. The quantitative estimate of drug-likeness (QED) is 0.489. The molecule has 0 saturated heterocycles. The van der Waals surface area contributed by atoms with E-state index in [-0.39, 0.29) is 6.42 Å². The van der Waals surface area contributed by atoms with Crippen molar-refractivity contribution in [2.24, 2.45) is 0 Å². The minimum atomic E-state index is -0.448. The first-order valence-corrected chi connectivity index (χ1v) is 7.59. The first-order valence-electron chi connectivity index (χ1n) is 7.59. The average molecular weight is 326 g/mol. The van der Waals surface area contributed by atoms with E-state index < -0.39 is 5.91 Å². The van der Waals surface area contributed by atoms with E-state index in [0.29, 0.717) is 5.82 Å². The van der Waals surface area contributed by atoms with Crippen molar-refractivity contribution in [3.8, 4) is 0 Å². The monoisotopic (exact) mass is 326 g/mol. The summed E-state index contributed by atoms with van der Waals surface area (Å²) in [5.41, 5.74) is 4.92. The molecule has 1 amide bonds. The lowest BCUT2D eigenvalue weighted by Crippen LogP contribution is -2.20. The topological polar surface area (TPSA) is 105 Å². The van der Waals surface area contributed by atoms with Gasteiger partial charge in [-0.15, -0.1) is 0 Å². The summed E-state index contributed by atoms with van der Waals surface area (Å²) in [6, 6.07) is 7.34. The molecule has 2 heterocycles. The molecule has 0 saturated carbocycles. The Morgan fingerprint density at radius 2 is 2.00 bits per heavy atom. The van der Waals surface area contributed by atoms with Gasteiger partial charge in [0.05, 0.1) is 17.5 Å². The second-order valence-corrected chi connectivity index (χ2v) is 5.36. The molecule has 124 valence electrons. The number of benzene rings is 1. The van der Waals surface area contributed by atoms with Crippen molar-refractivity contribution in [2.75, 3.05) is 5.32 Å². The van der Waals surface area contributed by atoms with E-state index in [1.54, 1.807) is 5.48 Å². The zero-order chi connectivity index (χ0) is 17.1. The highest BCUT2D eigenvalue weighted by Crippen LogP contribution is 2.25. The molecule has 8 heteroatoms. The number of fused-ring (bicyclic) bond motifs is 1. The number of hydrogen-bond acceptors (Lipinski definition) is 6. The van der Waals surface area contributed by atoms with Gasteiger partial charge in [-0.25, -0.2) is 20.1 Å². The van der Waals surface area contributed by atoms with Crippen LogP contribution in [0.1, 0.15) is 18.2 Å². The summed E-state index contributed by atoms with van der Waals surface area (Å²) in [7, 11) is 0. The summed E-state index contributed by atoms with van der Waals surface area (Å²) >= 11 is 0. The van der Waals surface area contributed by atoms with Gasteiger partial charge in [-0.3, -0.25) is 10.0 Å². The van der Waals surface area contributed by atoms with Gasteiger partial charge >= 0.3 is 0 Å². The highest BCUT2D eigenvalue weighted by molar-refractivity contribution is 5.90. The van der Waals surface area contributed by atoms with Crippen LogP contribution in [0, 0.1) is 6.92 Å². The number of aryl methyl sites for hydroxylation is 2. The highest BCUT2D eigenvalue weighted by Gasteiger charge is 2.13. The summed E-state index contributed by atoms with van der Waals surface area (Å²) in [4.78, 5) is 19.8. The number of nitrogens with zero attached hydrogens (tertiary/aromatic N) is 4. The third-order valence-electron chi connectivity index (χ3n) is 3.71. The van der Waals surface area contributed by atoms with E-state index >= 15 is 0 Å². The fourth-order valence-electron chi connectivity index (χ4n) is 2.57. The molecule has 3 aromatic rings. The number of nitrogens with one attached hydrogen (secondary N) is 2. The predicted molar refractivity (Wildman–Crippen MR) is 89.1 cm³/mol. The SMILES string of the molecule is CCn1nc(C)c2c(Nc3ccc(CC(=O)NO)cc3)ncnc21. The van der Waals surface area contributed by atoms with Crippen LogP contribution in [0.15, 0.2) is 30.6 Å². The molecule has 24 heavy (non-hydrogen) atoms. The number of aromatic nitrogens is 4. The normalized spacial score (nSPS) is 10.8. The molecular formula is C16H18N6O2. The van der Waals surface area contributed by atoms with Crippen LogP contribution in [0.5, 0.6) is 0 Å². The number of hydroxylamine groups is 1. The summed E-state index contributed by atoms with van der Waals surface area (Å²) < 4.78 is 1.84. The molecule has 0 aliphatic carbocycles. The van der Waals surface area contributed by atoms with E-state index in [9.17, 15) is 4.79 Å². The molecule has 0 bridgehead atoms. The number of carbonyl (C=O) groups is 1. The smallest absolute Gasteiger partial charge is 0.247 e. The first-order chi connectivity index (χ1) is 11.6. The zero-order valence-corrected chi connectivity index (χ0v) is 13.4. The molecule has 3 rings (SSSR count). The Morgan fingerprint density at radius 3 is 2.67 bits per heavy atom. The lowest BCUT2D eigenvalue weighted by Gasteiger charge is -2.08. The van der Waals surface area contributed by atoms with Gasteiger partial charge < -0.3 is 5.32 Å². The molecule has 0 aliphatic heterocycles. The van der Waals surface area contributed by atoms with Crippen molar-refractivity contribution < 1.29 is 10.0 Å². The van der Waals surface area contributed by atoms with Crippen molar-refractivity contribution in [3.63, 3.8) is 0 Å². The maximum absolute atomic E-state index is 11.2. The minimum Gasteiger partial charge on any atom is -0.340 e. The van der Waals surface area contributed by atoms with Gasteiger partial charge in [0.1, 0.15) is 12.1 Å². The maximum Gasteiger partial charge on any atom is 0.247 e. The third-order valence-corrected chi connectivity index (χ3v) is 3.71. The molecule has 0 aliphatic rings. The molecule has 3 N–H and O–H groups in total. The highest BCUT2D eigenvalue weighted by atomic mass is 16.5. The van der Waals surface area contributed by atoms with Gasteiger partial charge in [-0.1, -0.05) is 12.1 Å². The molecule has 0 atom stereocenters. The van der Waals surface area contributed by atoms with Crippen LogP contribution in [-0.2, 0) is 17.8 Å². The fraction of sp³-hybridized carbons (Fsp3) is 0.250. The number of anilines is 2. The number of carbonyl (C=O) groups excluding carboxylic acids is 1. The van der Waals surface area contributed by atoms with Gasteiger partial charge in [0.25, 0.3) is 0 Å². The lowest BCUT2D eigenvalue weighted by molar-refractivity contribution is -0.128. The van der Waals surface area contributed by atoms with Crippen LogP contribution < -0.4 is 10.8 Å². The van der Waals surface area contributed by atoms with E-state index in [1.165, 1.54) is 6.33 Å². The van der Waals surface area contributed by atoms with Gasteiger partial charge in [0, 0.05) is 12.2 Å². The van der Waals surface area contributed by atoms with Crippen molar-refractivity contribution in [1.29, 1.82) is 0 Å². The number of amides is 1. The largest absolute Gasteiger partial charge is 0.340 e. The first kappa shape index (κ1) is 15.9. The Hall–Kier alpha value is -3.00. The van der Waals surface area contributed by atoms with Crippen molar-refractivity contribution in [3.05, 3.63) is 41.9 Å². The molecule has 2 aromatic heterocycles. The molecular weight excluding hydrogens is 308 g/mol. The molecule has 0 unspecified atom stereocenters. The minimum absolute atomic E-state index is 0.122. The van der Waals surface area contributed by atoms with Crippen LogP contribution in [0.2, 0.25) is 0 Å². The Kier molecular flexibility index (Phi) is 4.39. The molecule has 0 fully saturated rings. The summed E-state index contributed by atoms with van der Waals surface area (Å²) in [5, 5.41) is 17.2. The molecule has 8 nitrogen and oxygen atoms in total. The fourth-order valence-corrected chi connectivity index (χ4v) is 2.57. The molecule has 0 radical (unpaired) electrons. The van der Waals surface area contributed by atoms with Crippen LogP contribution in [-0.4, -0.2) is 30.9 Å². The summed E-state index contributed by atoms with van der Waals surface area (Å²) in [6.45, 7) is 4.68. The Bertz CT molecular complexity index is 872. The lowest BCUT2D eigenvalue weighted by atomic mass is 10.1. The van der Waals surface area contributed by atoms with E-state index in [4.69, 9.17) is 5.21 Å². The van der Waals surface area contributed by atoms with Crippen molar-refractivity contribution in [1.82, 2.24) is 25.2 Å². The second-order valence-electron chi connectivity index (χ2n) is 5.36. The van der Waals surface area contributed by atoms with Crippen LogP contribution in [0.25, 0.3) is 11.0 Å². The second kappa shape index (κ2) is 6.63. The third kappa shape index (κ3) is 3.04. The molecule has 0 spiro atoms. The van der Waals surface area contributed by atoms with Gasteiger partial charge in [0.2, 0.25) is 5.91 Å². The van der Waals surface area contributed by atoms with Gasteiger partial charge in [-0.2, -0.15) is 5.10 Å². The van der Waals surface area contributed by atoms with Crippen molar-refractivity contribution >= 4 is 28.4 Å². The standard InChI is InChI=1S/C16H18N6O2/c1-3-22-16-14(10(2)20-22)15(17-9-18-16)19-12-6-4-11(5-7-12)8-13(23)21-24/h4-7,9,24H,3,8H2,1-2H3,(H,21,23)(H,17,18,19). The zero-order valence-electron chi connectivity index (χ0n) is 13.4. The summed E-state index contributed by atoms with van der Waals surface area (Å²) in [6.07, 6.45) is 1.63. The summed E-state index contributed by atoms with van der Waals surface area (Å²) in [5.74, 6) is 0.244. The van der Waals surface area contributed by atoms with E-state index in [2.05, 4.69) is 20.4 Å². The number of rotatable bonds is 5. The van der Waals surface area contributed by atoms with E-state index in [0.717, 1.165) is 34.5 Å². The van der Waals surface area contributed by atoms with Crippen LogP contribution >= 0.6 is 0 Å². The Labute approximate surface area is 138 Å². The van der Waals surface area contributed by atoms with Gasteiger partial charge in [-0.05, 0) is 31.5 Å². The van der Waals surface area contributed by atoms with Crippen molar-refractivity contribution in [2.45, 2.75) is 26.8 Å². The average Bonchev–Trinajstić information content (AvgIpc) is 2.93. The maximum atomic E-state index is 11.2. The van der Waals surface area contributed by atoms with E-state index in [1.807, 2.05) is 42.8 Å². The Balaban J connectivity index is 1.87. The number of hydrogen-bond donors (Lipinski definition) is 3. The van der Waals surface area contributed by atoms with Gasteiger partial charge in [0.15, 0.2) is 5.65 Å². The van der Waals surface area contributed by atoms with Crippen LogP contribution in [0.4, 0.5) is 11.5 Å². The van der Waals surface area contributed by atoms with Crippen LogP contribution in [0.3, 0.4) is 0 Å². The molecule has 1 aromatic carbocycles. The Morgan fingerprint density at radius 1 is 1.25 bits per heavy atom.